The highest BCUT2D eigenvalue weighted by molar-refractivity contribution is 5.76. The van der Waals surface area contributed by atoms with Crippen LogP contribution >= 0.6 is 0 Å². The van der Waals surface area contributed by atoms with Crippen LogP contribution in [0.2, 0.25) is 0 Å². The lowest BCUT2D eigenvalue weighted by Crippen LogP contribution is -2.38. The lowest BCUT2D eigenvalue weighted by atomic mass is 9.62. The molecule has 5 nitrogen and oxygen atoms in total. The van der Waals surface area contributed by atoms with Gasteiger partial charge in [-0.2, -0.15) is 0 Å². The van der Waals surface area contributed by atoms with Gasteiger partial charge in [-0.05, 0) is 30.6 Å². The maximum Gasteiger partial charge on any atom is 0.222 e. The second-order valence-corrected chi connectivity index (χ2v) is 7.28. The number of carbonyl (C=O) groups excluding carboxylic acids is 1. The third-order valence-electron chi connectivity index (χ3n) is 5.34. The molecule has 3 rings (SSSR count). The van der Waals surface area contributed by atoms with E-state index in [1.54, 1.807) is 6.33 Å². The van der Waals surface area contributed by atoms with Crippen LogP contribution in [-0.4, -0.2) is 38.7 Å². The summed E-state index contributed by atoms with van der Waals surface area (Å²) in [4.78, 5) is 14.5. The zero-order chi connectivity index (χ0) is 15.0. The molecule has 1 saturated carbocycles. The molecule has 2 heterocycles. The summed E-state index contributed by atoms with van der Waals surface area (Å²) in [5, 5.41) is 8.35. The van der Waals surface area contributed by atoms with E-state index in [0.717, 1.165) is 25.3 Å². The Hall–Kier alpha value is -1.39. The summed E-state index contributed by atoms with van der Waals surface area (Å²) in [7, 11) is 2.00. The molecule has 21 heavy (non-hydrogen) atoms. The van der Waals surface area contributed by atoms with Gasteiger partial charge in [0.1, 0.15) is 12.2 Å². The largest absolute Gasteiger partial charge is 0.341 e. The minimum absolute atomic E-state index is 0.272. The maximum absolute atomic E-state index is 12.5. The summed E-state index contributed by atoms with van der Waals surface area (Å²) in [5.41, 5.74) is 0.272. The van der Waals surface area contributed by atoms with Gasteiger partial charge in [-0.1, -0.05) is 20.3 Å². The van der Waals surface area contributed by atoms with E-state index < -0.39 is 0 Å². The molecular weight excluding hydrogens is 264 g/mol. The molecular formula is C16H26N4O. The molecule has 0 N–H and O–H groups in total. The normalized spacial score (nSPS) is 23.8. The topological polar surface area (TPSA) is 51.0 Å². The van der Waals surface area contributed by atoms with Gasteiger partial charge in [0, 0.05) is 32.5 Å². The standard InChI is InChI=1S/C16H26N4O/c1-12(2)5-6-14(21)20-9-13(15-18-17-11-19(15)3)16(10-20)7-4-8-16/h11-13H,4-10H2,1-3H3. The summed E-state index contributed by atoms with van der Waals surface area (Å²) in [5.74, 6) is 2.32. The second-order valence-electron chi connectivity index (χ2n) is 7.28. The Bertz CT molecular complexity index is 518. The van der Waals surface area contributed by atoms with Crippen LogP contribution in [0.1, 0.15) is 57.7 Å². The predicted octanol–water partition coefficient (Wildman–Crippen LogP) is 2.35. The molecule has 1 aliphatic heterocycles. The Morgan fingerprint density at radius 3 is 2.76 bits per heavy atom. The van der Waals surface area contributed by atoms with Crippen molar-refractivity contribution in [3.05, 3.63) is 12.2 Å². The molecule has 1 aromatic rings. The molecule has 2 fully saturated rings. The molecule has 1 amide bonds. The smallest absolute Gasteiger partial charge is 0.222 e. The fraction of sp³-hybridized carbons (Fsp3) is 0.812. The van der Waals surface area contributed by atoms with Gasteiger partial charge in [-0.3, -0.25) is 4.79 Å². The molecule has 1 aromatic heterocycles. The summed E-state index contributed by atoms with van der Waals surface area (Å²) in [6.45, 7) is 6.09. The molecule has 1 spiro atoms. The molecule has 1 atom stereocenters. The number of hydrogen-bond acceptors (Lipinski definition) is 3. The zero-order valence-corrected chi connectivity index (χ0v) is 13.4. The molecule has 0 bridgehead atoms. The third kappa shape index (κ3) is 2.58. The number of nitrogens with zero attached hydrogens (tertiary/aromatic N) is 4. The number of amides is 1. The number of likely N-dealkylation sites (tertiary alicyclic amines) is 1. The predicted molar refractivity (Wildman–Crippen MR) is 80.7 cm³/mol. The van der Waals surface area contributed by atoms with Gasteiger partial charge in [-0.15, -0.1) is 10.2 Å². The van der Waals surface area contributed by atoms with Crippen molar-refractivity contribution in [2.75, 3.05) is 13.1 Å². The first-order valence-electron chi connectivity index (χ1n) is 8.13. The van der Waals surface area contributed by atoms with Crippen LogP contribution < -0.4 is 0 Å². The van der Waals surface area contributed by atoms with Crippen molar-refractivity contribution in [1.29, 1.82) is 0 Å². The van der Waals surface area contributed by atoms with Gasteiger partial charge in [0.15, 0.2) is 0 Å². The Kier molecular flexibility index (Phi) is 3.76. The summed E-state index contributed by atoms with van der Waals surface area (Å²) < 4.78 is 2.02. The fourth-order valence-electron chi connectivity index (χ4n) is 3.83. The fourth-order valence-corrected chi connectivity index (χ4v) is 3.83. The molecule has 1 unspecified atom stereocenters. The summed E-state index contributed by atoms with van der Waals surface area (Å²) in [6, 6.07) is 0. The average Bonchev–Trinajstić information content (AvgIpc) is 2.98. The monoisotopic (exact) mass is 290 g/mol. The highest BCUT2D eigenvalue weighted by Gasteiger charge is 2.53. The van der Waals surface area contributed by atoms with Crippen molar-refractivity contribution >= 4 is 5.91 Å². The first kappa shape index (κ1) is 14.5. The van der Waals surface area contributed by atoms with Gasteiger partial charge >= 0.3 is 0 Å². The van der Waals surface area contributed by atoms with Crippen molar-refractivity contribution < 1.29 is 4.79 Å². The van der Waals surface area contributed by atoms with Crippen LogP contribution in [0, 0.1) is 11.3 Å². The Morgan fingerprint density at radius 1 is 1.48 bits per heavy atom. The van der Waals surface area contributed by atoms with Gasteiger partial charge in [0.25, 0.3) is 0 Å². The number of hydrogen-bond donors (Lipinski definition) is 0. The molecule has 116 valence electrons. The molecule has 1 saturated heterocycles. The van der Waals surface area contributed by atoms with Crippen molar-refractivity contribution in [1.82, 2.24) is 19.7 Å². The van der Waals surface area contributed by atoms with Crippen molar-refractivity contribution in [2.24, 2.45) is 18.4 Å². The Morgan fingerprint density at radius 2 is 2.24 bits per heavy atom. The molecule has 0 aromatic carbocycles. The van der Waals surface area contributed by atoms with Crippen LogP contribution in [0.4, 0.5) is 0 Å². The SMILES string of the molecule is CC(C)CCC(=O)N1CC(c2nncn2C)C2(CCC2)C1. The van der Waals surface area contributed by atoms with E-state index in [1.807, 2.05) is 11.6 Å². The lowest BCUT2D eigenvalue weighted by molar-refractivity contribution is -0.131. The second kappa shape index (κ2) is 5.43. The van der Waals surface area contributed by atoms with E-state index in [0.29, 0.717) is 24.2 Å². The van der Waals surface area contributed by atoms with E-state index in [9.17, 15) is 4.79 Å². The van der Waals surface area contributed by atoms with Crippen LogP contribution in [0.5, 0.6) is 0 Å². The molecule has 5 heteroatoms. The Labute approximate surface area is 126 Å². The number of aryl methyl sites for hydroxylation is 1. The van der Waals surface area contributed by atoms with Gasteiger partial charge in [-0.25, -0.2) is 0 Å². The van der Waals surface area contributed by atoms with Gasteiger partial charge < -0.3 is 9.47 Å². The zero-order valence-electron chi connectivity index (χ0n) is 13.4. The van der Waals surface area contributed by atoms with E-state index in [-0.39, 0.29) is 5.41 Å². The third-order valence-corrected chi connectivity index (χ3v) is 5.34. The van der Waals surface area contributed by atoms with Crippen LogP contribution in [0.3, 0.4) is 0 Å². The van der Waals surface area contributed by atoms with E-state index in [2.05, 4.69) is 28.9 Å². The first-order chi connectivity index (χ1) is 10.0. The van der Waals surface area contributed by atoms with Crippen molar-refractivity contribution in [3.63, 3.8) is 0 Å². The summed E-state index contributed by atoms with van der Waals surface area (Å²) >= 11 is 0. The molecule has 1 aliphatic carbocycles. The Balaban J connectivity index is 1.73. The van der Waals surface area contributed by atoms with E-state index in [1.165, 1.54) is 19.3 Å². The molecule has 2 aliphatic rings. The van der Waals surface area contributed by atoms with Gasteiger partial charge in [0.05, 0.1) is 0 Å². The lowest BCUT2D eigenvalue weighted by Gasteiger charge is -2.42. The van der Waals surface area contributed by atoms with Crippen LogP contribution in [0.25, 0.3) is 0 Å². The quantitative estimate of drug-likeness (QED) is 0.855. The first-order valence-corrected chi connectivity index (χ1v) is 8.13. The van der Waals surface area contributed by atoms with Crippen molar-refractivity contribution in [2.45, 2.75) is 51.9 Å². The molecule has 0 radical (unpaired) electrons. The number of carbonyl (C=O) groups is 1. The number of rotatable bonds is 4. The minimum atomic E-state index is 0.272. The number of aromatic nitrogens is 3. The average molecular weight is 290 g/mol. The van der Waals surface area contributed by atoms with E-state index in [4.69, 9.17) is 0 Å². The highest BCUT2D eigenvalue weighted by Crippen LogP contribution is 2.55. The maximum atomic E-state index is 12.5. The van der Waals surface area contributed by atoms with Gasteiger partial charge in [0.2, 0.25) is 5.91 Å². The summed E-state index contributed by atoms with van der Waals surface area (Å²) in [6.07, 6.45) is 7.15. The van der Waals surface area contributed by atoms with E-state index >= 15 is 0 Å². The van der Waals surface area contributed by atoms with Crippen LogP contribution in [0.15, 0.2) is 6.33 Å². The highest BCUT2D eigenvalue weighted by atomic mass is 16.2. The van der Waals surface area contributed by atoms with Crippen molar-refractivity contribution in [3.8, 4) is 0 Å². The van der Waals surface area contributed by atoms with Crippen LogP contribution in [-0.2, 0) is 11.8 Å². The minimum Gasteiger partial charge on any atom is -0.341 e.